The van der Waals surface area contributed by atoms with Gasteiger partial charge in [0.2, 0.25) is 5.91 Å². The van der Waals surface area contributed by atoms with E-state index in [1.54, 1.807) is 0 Å². The van der Waals surface area contributed by atoms with Gasteiger partial charge in [-0.05, 0) is 31.0 Å². The number of methoxy groups -OCH3 is 1. The first-order valence-electron chi connectivity index (χ1n) is 6.44. The van der Waals surface area contributed by atoms with E-state index >= 15 is 0 Å². The molecule has 0 radical (unpaired) electrons. The van der Waals surface area contributed by atoms with Crippen LogP contribution in [0.15, 0.2) is 18.2 Å². The number of amides is 1. The van der Waals surface area contributed by atoms with E-state index in [0.29, 0.717) is 12.8 Å². The molecule has 3 N–H and O–H groups in total. The molecular formula is C14H17FN2O3. The van der Waals surface area contributed by atoms with Gasteiger partial charge in [0.25, 0.3) is 0 Å². The van der Waals surface area contributed by atoms with E-state index in [1.807, 2.05) is 0 Å². The first kappa shape index (κ1) is 14.5. The SMILES string of the molecule is COC(=O)c1cc(F)ccc1NC(=O)C1(N)CCCC1. The highest BCUT2D eigenvalue weighted by Crippen LogP contribution is 2.29. The molecule has 6 heteroatoms. The minimum absolute atomic E-state index is 0.0255. The van der Waals surface area contributed by atoms with Gasteiger partial charge in [0, 0.05) is 0 Å². The van der Waals surface area contributed by atoms with Crippen LogP contribution in [0.1, 0.15) is 36.0 Å². The van der Waals surface area contributed by atoms with Gasteiger partial charge in [-0.15, -0.1) is 0 Å². The summed E-state index contributed by atoms with van der Waals surface area (Å²) in [5.74, 6) is -1.64. The molecule has 1 aliphatic carbocycles. The highest BCUT2D eigenvalue weighted by Gasteiger charge is 2.37. The second-order valence-electron chi connectivity index (χ2n) is 5.00. The lowest BCUT2D eigenvalue weighted by atomic mass is 9.97. The normalized spacial score (nSPS) is 16.8. The fourth-order valence-electron chi connectivity index (χ4n) is 2.38. The molecule has 0 aliphatic heterocycles. The van der Waals surface area contributed by atoms with E-state index in [4.69, 9.17) is 5.73 Å². The highest BCUT2D eigenvalue weighted by molar-refractivity contribution is 6.04. The van der Waals surface area contributed by atoms with Crippen LogP contribution < -0.4 is 11.1 Å². The average Bonchev–Trinajstić information content (AvgIpc) is 2.88. The van der Waals surface area contributed by atoms with E-state index in [0.717, 1.165) is 18.9 Å². The third kappa shape index (κ3) is 2.80. The van der Waals surface area contributed by atoms with Gasteiger partial charge in [0.05, 0.1) is 23.9 Å². The zero-order valence-electron chi connectivity index (χ0n) is 11.2. The first-order valence-corrected chi connectivity index (χ1v) is 6.44. The Morgan fingerprint density at radius 3 is 2.60 bits per heavy atom. The molecule has 2 rings (SSSR count). The molecule has 1 aromatic rings. The number of carbonyl (C=O) groups excluding carboxylic acids is 2. The maximum absolute atomic E-state index is 13.2. The second-order valence-corrected chi connectivity index (χ2v) is 5.00. The molecule has 108 valence electrons. The summed E-state index contributed by atoms with van der Waals surface area (Å²) in [6.45, 7) is 0. The van der Waals surface area contributed by atoms with Crippen molar-refractivity contribution in [1.82, 2.24) is 0 Å². The monoisotopic (exact) mass is 280 g/mol. The number of esters is 1. The smallest absolute Gasteiger partial charge is 0.340 e. The van der Waals surface area contributed by atoms with Crippen molar-refractivity contribution in [2.24, 2.45) is 5.73 Å². The summed E-state index contributed by atoms with van der Waals surface area (Å²) in [5.41, 5.74) is 5.30. The fraction of sp³-hybridized carbons (Fsp3) is 0.429. The number of halogens is 1. The molecular weight excluding hydrogens is 263 g/mol. The highest BCUT2D eigenvalue weighted by atomic mass is 19.1. The Hall–Kier alpha value is -1.95. The number of carbonyl (C=O) groups is 2. The van der Waals surface area contributed by atoms with Crippen molar-refractivity contribution in [2.45, 2.75) is 31.2 Å². The van der Waals surface area contributed by atoms with Crippen molar-refractivity contribution in [3.8, 4) is 0 Å². The third-order valence-corrected chi connectivity index (χ3v) is 3.58. The van der Waals surface area contributed by atoms with E-state index in [-0.39, 0.29) is 17.2 Å². The Labute approximate surface area is 116 Å². The van der Waals surface area contributed by atoms with Crippen LogP contribution in [0.4, 0.5) is 10.1 Å². The number of anilines is 1. The summed E-state index contributed by atoms with van der Waals surface area (Å²) < 4.78 is 17.8. The zero-order valence-corrected chi connectivity index (χ0v) is 11.2. The molecule has 1 aliphatic rings. The Bertz CT molecular complexity index is 539. The molecule has 0 heterocycles. The number of benzene rings is 1. The lowest BCUT2D eigenvalue weighted by Crippen LogP contribution is -2.48. The maximum Gasteiger partial charge on any atom is 0.340 e. The van der Waals surface area contributed by atoms with Gasteiger partial charge in [-0.25, -0.2) is 9.18 Å². The van der Waals surface area contributed by atoms with Crippen LogP contribution in [0, 0.1) is 5.82 Å². The number of rotatable bonds is 3. The second kappa shape index (κ2) is 5.58. The Balaban J connectivity index is 2.25. The quantitative estimate of drug-likeness (QED) is 0.827. The third-order valence-electron chi connectivity index (χ3n) is 3.58. The summed E-state index contributed by atoms with van der Waals surface area (Å²) in [4.78, 5) is 23.8. The molecule has 5 nitrogen and oxygen atoms in total. The molecule has 0 unspecified atom stereocenters. The van der Waals surface area contributed by atoms with Crippen molar-refractivity contribution in [2.75, 3.05) is 12.4 Å². The van der Waals surface area contributed by atoms with Gasteiger partial charge in [-0.2, -0.15) is 0 Å². The number of nitrogens with two attached hydrogens (primary N) is 1. The van der Waals surface area contributed by atoms with Gasteiger partial charge >= 0.3 is 5.97 Å². The van der Waals surface area contributed by atoms with Gasteiger partial charge in [0.15, 0.2) is 0 Å². The van der Waals surface area contributed by atoms with Crippen LogP contribution in [0.25, 0.3) is 0 Å². The van der Waals surface area contributed by atoms with Gasteiger partial charge < -0.3 is 15.8 Å². The summed E-state index contributed by atoms with van der Waals surface area (Å²) in [5, 5.41) is 2.60. The van der Waals surface area contributed by atoms with Crippen molar-refractivity contribution >= 4 is 17.6 Å². The molecule has 1 amide bonds. The average molecular weight is 280 g/mol. The predicted octanol–water partition coefficient (Wildman–Crippen LogP) is 1.82. The maximum atomic E-state index is 13.2. The van der Waals surface area contributed by atoms with Crippen molar-refractivity contribution in [3.05, 3.63) is 29.6 Å². The van der Waals surface area contributed by atoms with Gasteiger partial charge in [0.1, 0.15) is 5.82 Å². The summed E-state index contributed by atoms with van der Waals surface area (Å²) >= 11 is 0. The van der Waals surface area contributed by atoms with Crippen LogP contribution in [0.2, 0.25) is 0 Å². The Morgan fingerprint density at radius 2 is 2.00 bits per heavy atom. The van der Waals surface area contributed by atoms with Crippen LogP contribution in [0.3, 0.4) is 0 Å². The Kier molecular flexibility index (Phi) is 4.04. The van der Waals surface area contributed by atoms with Crippen LogP contribution in [-0.4, -0.2) is 24.5 Å². The van der Waals surface area contributed by atoms with Gasteiger partial charge in [-0.3, -0.25) is 4.79 Å². The summed E-state index contributed by atoms with van der Waals surface area (Å²) in [6.07, 6.45) is 3.01. The lowest BCUT2D eigenvalue weighted by molar-refractivity contribution is -0.121. The summed E-state index contributed by atoms with van der Waals surface area (Å²) in [7, 11) is 1.19. The Morgan fingerprint density at radius 1 is 1.35 bits per heavy atom. The van der Waals surface area contributed by atoms with Crippen LogP contribution in [-0.2, 0) is 9.53 Å². The van der Waals surface area contributed by atoms with Crippen LogP contribution >= 0.6 is 0 Å². The molecule has 0 atom stereocenters. The molecule has 0 saturated heterocycles. The molecule has 0 aromatic heterocycles. The van der Waals surface area contributed by atoms with Crippen molar-refractivity contribution in [1.29, 1.82) is 0 Å². The standard InChI is InChI=1S/C14H17FN2O3/c1-20-12(18)10-8-9(15)4-5-11(10)17-13(19)14(16)6-2-3-7-14/h4-5,8H,2-3,6-7,16H2,1H3,(H,17,19). The van der Waals surface area contributed by atoms with Crippen LogP contribution in [0.5, 0.6) is 0 Å². The molecule has 20 heavy (non-hydrogen) atoms. The van der Waals surface area contributed by atoms with Crippen molar-refractivity contribution < 1.29 is 18.7 Å². The largest absolute Gasteiger partial charge is 0.465 e. The topological polar surface area (TPSA) is 81.4 Å². The van der Waals surface area contributed by atoms with E-state index in [1.165, 1.54) is 19.2 Å². The molecule has 1 saturated carbocycles. The number of nitrogens with one attached hydrogen (secondary N) is 1. The minimum Gasteiger partial charge on any atom is -0.465 e. The van der Waals surface area contributed by atoms with Gasteiger partial charge in [-0.1, -0.05) is 12.8 Å². The van der Waals surface area contributed by atoms with E-state index in [9.17, 15) is 14.0 Å². The summed E-state index contributed by atoms with van der Waals surface area (Å²) in [6, 6.07) is 3.52. The predicted molar refractivity (Wildman–Crippen MR) is 71.8 cm³/mol. The number of hydrogen-bond donors (Lipinski definition) is 2. The molecule has 0 bridgehead atoms. The fourth-order valence-corrected chi connectivity index (χ4v) is 2.38. The number of hydrogen-bond acceptors (Lipinski definition) is 4. The molecule has 1 fully saturated rings. The molecule has 1 aromatic carbocycles. The van der Waals surface area contributed by atoms with E-state index < -0.39 is 17.3 Å². The van der Waals surface area contributed by atoms with E-state index in [2.05, 4.69) is 10.1 Å². The minimum atomic E-state index is -0.915. The number of ether oxygens (including phenoxy) is 1. The first-order chi connectivity index (χ1) is 9.46. The lowest BCUT2D eigenvalue weighted by Gasteiger charge is -2.22. The van der Waals surface area contributed by atoms with Crippen molar-refractivity contribution in [3.63, 3.8) is 0 Å². The molecule has 0 spiro atoms. The zero-order chi connectivity index (χ0) is 14.8.